The molecule has 3 aromatic rings. The molecule has 0 aliphatic carbocycles. The molecule has 0 unspecified atom stereocenters. The summed E-state index contributed by atoms with van der Waals surface area (Å²) in [6.07, 6.45) is 0.922. The highest BCUT2D eigenvalue weighted by molar-refractivity contribution is 5.82. The Morgan fingerprint density at radius 2 is 1.62 bits per heavy atom. The Morgan fingerprint density at radius 3 is 2.29 bits per heavy atom. The third-order valence-corrected chi connectivity index (χ3v) is 3.66. The average molecular weight is 278 g/mol. The van der Waals surface area contributed by atoms with Crippen LogP contribution >= 0.6 is 0 Å². The number of aromatic nitrogens is 2. The van der Waals surface area contributed by atoms with Crippen molar-refractivity contribution in [3.05, 3.63) is 77.2 Å². The Labute approximate surface area is 123 Å². The molecule has 0 N–H and O–H groups in total. The zero-order valence-electron chi connectivity index (χ0n) is 12.1. The fraction of sp³-hybridized carbons (Fsp3) is 0.167. The summed E-state index contributed by atoms with van der Waals surface area (Å²) in [7, 11) is 0. The van der Waals surface area contributed by atoms with E-state index in [0.717, 1.165) is 23.0 Å². The van der Waals surface area contributed by atoms with Crippen molar-refractivity contribution in [1.82, 2.24) is 9.13 Å². The van der Waals surface area contributed by atoms with Crippen molar-refractivity contribution >= 4 is 16.7 Å². The molecular weight excluding hydrogens is 260 g/mol. The Bertz CT molecular complexity index is 841. The van der Waals surface area contributed by atoms with Gasteiger partial charge in [-0.3, -0.25) is 9.13 Å². The SMILES string of the molecule is C=C(c1ccccc1)n1c(=O)n(CCC)c2ccccc21. The first-order valence-corrected chi connectivity index (χ1v) is 7.19. The van der Waals surface area contributed by atoms with Crippen molar-refractivity contribution in [3.8, 4) is 0 Å². The fourth-order valence-corrected chi connectivity index (χ4v) is 2.67. The van der Waals surface area contributed by atoms with E-state index in [-0.39, 0.29) is 5.69 Å². The lowest BCUT2D eigenvalue weighted by molar-refractivity contribution is 0.665. The molecule has 1 aromatic heterocycles. The topological polar surface area (TPSA) is 26.9 Å². The minimum absolute atomic E-state index is 0.0214. The molecule has 0 saturated carbocycles. The van der Waals surface area contributed by atoms with Gasteiger partial charge in [0.1, 0.15) is 0 Å². The van der Waals surface area contributed by atoms with Gasteiger partial charge >= 0.3 is 5.69 Å². The first kappa shape index (κ1) is 13.4. The number of imidazole rings is 1. The van der Waals surface area contributed by atoms with E-state index in [0.29, 0.717) is 12.2 Å². The van der Waals surface area contributed by atoms with Gasteiger partial charge in [-0.15, -0.1) is 0 Å². The smallest absolute Gasteiger partial charge is 0.292 e. The molecule has 3 nitrogen and oxygen atoms in total. The number of benzene rings is 2. The molecule has 21 heavy (non-hydrogen) atoms. The molecule has 0 fully saturated rings. The molecule has 3 rings (SSSR count). The van der Waals surface area contributed by atoms with Gasteiger partial charge in [-0.2, -0.15) is 0 Å². The van der Waals surface area contributed by atoms with Gasteiger partial charge in [0.25, 0.3) is 0 Å². The second-order valence-corrected chi connectivity index (χ2v) is 5.07. The predicted molar refractivity (Wildman–Crippen MR) is 87.4 cm³/mol. The van der Waals surface area contributed by atoms with Crippen LogP contribution in [0.15, 0.2) is 66.0 Å². The van der Waals surface area contributed by atoms with Gasteiger partial charge in [-0.05, 0) is 24.1 Å². The Hall–Kier alpha value is -2.55. The monoisotopic (exact) mass is 278 g/mol. The summed E-state index contributed by atoms with van der Waals surface area (Å²) in [6, 6.07) is 17.7. The van der Waals surface area contributed by atoms with Crippen LogP contribution in [0, 0.1) is 0 Å². The quantitative estimate of drug-likeness (QED) is 0.714. The van der Waals surface area contributed by atoms with Crippen molar-refractivity contribution in [3.63, 3.8) is 0 Å². The van der Waals surface area contributed by atoms with Crippen LogP contribution < -0.4 is 5.69 Å². The molecule has 0 aliphatic rings. The third kappa shape index (κ3) is 2.21. The van der Waals surface area contributed by atoms with Crippen molar-refractivity contribution < 1.29 is 0 Å². The van der Waals surface area contributed by atoms with Crippen LogP contribution in [0.3, 0.4) is 0 Å². The van der Waals surface area contributed by atoms with Gasteiger partial charge in [0.15, 0.2) is 0 Å². The molecule has 2 aromatic carbocycles. The highest BCUT2D eigenvalue weighted by atomic mass is 16.1. The second kappa shape index (κ2) is 5.44. The molecule has 0 atom stereocenters. The molecule has 0 spiro atoms. The van der Waals surface area contributed by atoms with Gasteiger partial charge in [-0.25, -0.2) is 4.79 Å². The summed E-state index contributed by atoms with van der Waals surface area (Å²) in [5, 5.41) is 0. The number of rotatable bonds is 4. The molecular formula is C18H18N2O. The standard InChI is InChI=1S/C18H18N2O/c1-3-13-19-16-11-7-8-12-17(16)20(18(19)21)14(2)15-9-5-4-6-10-15/h4-12H,2-3,13H2,1H3. The fourth-order valence-electron chi connectivity index (χ4n) is 2.67. The Kier molecular flexibility index (Phi) is 3.48. The highest BCUT2D eigenvalue weighted by Crippen LogP contribution is 2.20. The molecule has 3 heteroatoms. The normalized spacial score (nSPS) is 10.9. The van der Waals surface area contributed by atoms with Crippen LogP contribution in [0.4, 0.5) is 0 Å². The zero-order valence-corrected chi connectivity index (χ0v) is 12.1. The second-order valence-electron chi connectivity index (χ2n) is 5.07. The van der Waals surface area contributed by atoms with E-state index < -0.39 is 0 Å². The van der Waals surface area contributed by atoms with Gasteiger partial charge in [0.05, 0.1) is 16.7 Å². The largest absolute Gasteiger partial charge is 0.333 e. The van der Waals surface area contributed by atoms with E-state index in [9.17, 15) is 4.79 Å². The van der Waals surface area contributed by atoms with E-state index >= 15 is 0 Å². The number of para-hydroxylation sites is 2. The molecule has 0 radical (unpaired) electrons. The van der Waals surface area contributed by atoms with Crippen molar-refractivity contribution in [2.24, 2.45) is 0 Å². The Morgan fingerprint density at radius 1 is 1.00 bits per heavy atom. The van der Waals surface area contributed by atoms with E-state index in [1.165, 1.54) is 0 Å². The van der Waals surface area contributed by atoms with Gasteiger partial charge < -0.3 is 0 Å². The lowest BCUT2D eigenvalue weighted by Gasteiger charge is -2.07. The molecule has 0 amide bonds. The summed E-state index contributed by atoms with van der Waals surface area (Å²) in [5.74, 6) is 0. The van der Waals surface area contributed by atoms with E-state index in [2.05, 4.69) is 13.5 Å². The van der Waals surface area contributed by atoms with Crippen LogP contribution in [0.5, 0.6) is 0 Å². The molecule has 1 heterocycles. The highest BCUT2D eigenvalue weighted by Gasteiger charge is 2.14. The molecule has 0 bridgehead atoms. The van der Waals surface area contributed by atoms with Crippen LogP contribution in [0.25, 0.3) is 16.7 Å². The summed E-state index contributed by atoms with van der Waals surface area (Å²) in [5.41, 5.74) is 3.52. The number of nitrogens with zero attached hydrogens (tertiary/aromatic N) is 2. The van der Waals surface area contributed by atoms with Crippen molar-refractivity contribution in [2.75, 3.05) is 0 Å². The number of fused-ring (bicyclic) bond motifs is 1. The Balaban J connectivity index is 2.26. The maximum Gasteiger partial charge on any atom is 0.333 e. The van der Waals surface area contributed by atoms with Crippen LogP contribution in [0.2, 0.25) is 0 Å². The first-order chi connectivity index (χ1) is 10.2. The lowest BCUT2D eigenvalue weighted by atomic mass is 10.1. The minimum atomic E-state index is -0.0214. The average Bonchev–Trinajstić information content (AvgIpc) is 2.81. The van der Waals surface area contributed by atoms with Crippen molar-refractivity contribution in [2.45, 2.75) is 19.9 Å². The molecule has 0 aliphatic heterocycles. The van der Waals surface area contributed by atoms with Crippen LogP contribution in [0.1, 0.15) is 18.9 Å². The van der Waals surface area contributed by atoms with Crippen LogP contribution in [-0.2, 0) is 6.54 Å². The summed E-state index contributed by atoms with van der Waals surface area (Å²) < 4.78 is 3.53. The first-order valence-electron chi connectivity index (χ1n) is 7.19. The van der Waals surface area contributed by atoms with Gasteiger partial charge in [0.2, 0.25) is 0 Å². The lowest BCUT2D eigenvalue weighted by Crippen LogP contribution is -2.23. The van der Waals surface area contributed by atoms with E-state index in [1.807, 2.05) is 59.2 Å². The summed E-state index contributed by atoms with van der Waals surface area (Å²) >= 11 is 0. The van der Waals surface area contributed by atoms with E-state index in [1.54, 1.807) is 4.57 Å². The maximum atomic E-state index is 12.8. The molecule has 106 valence electrons. The third-order valence-electron chi connectivity index (χ3n) is 3.66. The minimum Gasteiger partial charge on any atom is -0.292 e. The molecule has 0 saturated heterocycles. The predicted octanol–water partition coefficient (Wildman–Crippen LogP) is 3.73. The summed E-state index contributed by atoms with van der Waals surface area (Å²) in [6.45, 7) is 6.92. The zero-order chi connectivity index (χ0) is 14.8. The number of hydrogen-bond donors (Lipinski definition) is 0. The van der Waals surface area contributed by atoms with Gasteiger partial charge in [-0.1, -0.05) is 56.0 Å². The van der Waals surface area contributed by atoms with Crippen LogP contribution in [-0.4, -0.2) is 9.13 Å². The maximum absolute atomic E-state index is 12.8. The van der Waals surface area contributed by atoms with Gasteiger partial charge in [0, 0.05) is 6.54 Å². The number of hydrogen-bond acceptors (Lipinski definition) is 1. The summed E-state index contributed by atoms with van der Waals surface area (Å²) in [4.78, 5) is 12.8. The van der Waals surface area contributed by atoms with E-state index in [4.69, 9.17) is 0 Å². The number of aryl methyl sites for hydroxylation is 1. The van der Waals surface area contributed by atoms with Crippen molar-refractivity contribution in [1.29, 1.82) is 0 Å².